The average Bonchev–Trinajstić information content (AvgIpc) is 3.06. The number of pyridine rings is 1. The molecule has 4 rings (SSSR count). The monoisotopic (exact) mass is 430 g/mol. The number of nitrogen functional groups attached to an aromatic ring is 1. The highest BCUT2D eigenvalue weighted by atomic mass is 79.9. The van der Waals surface area contributed by atoms with Gasteiger partial charge < -0.3 is 10.5 Å². The summed E-state index contributed by atoms with van der Waals surface area (Å²) < 4.78 is 21.9. The minimum atomic E-state index is -0.506. The van der Waals surface area contributed by atoms with Crippen molar-refractivity contribution in [3.8, 4) is 22.9 Å². The second-order valence-corrected chi connectivity index (χ2v) is 7.31. The molecule has 2 N–H and O–H groups in total. The number of nitrogens with two attached hydrogens (primary N) is 1. The van der Waals surface area contributed by atoms with Crippen LogP contribution in [0.15, 0.2) is 46.5 Å². The zero-order chi connectivity index (χ0) is 18.3. The number of thiophene rings is 1. The fourth-order valence-corrected chi connectivity index (χ4v) is 4.14. The Morgan fingerprint density at radius 2 is 2.08 bits per heavy atom. The molecule has 0 aliphatic heterocycles. The molecule has 0 radical (unpaired) electrons. The van der Waals surface area contributed by atoms with Crippen molar-refractivity contribution < 1.29 is 9.13 Å². The highest BCUT2D eigenvalue weighted by Gasteiger charge is 2.15. The van der Waals surface area contributed by atoms with Crippen LogP contribution in [-0.4, -0.2) is 15.0 Å². The van der Waals surface area contributed by atoms with Gasteiger partial charge in [-0.05, 0) is 52.0 Å². The van der Waals surface area contributed by atoms with Gasteiger partial charge in [-0.15, -0.1) is 11.3 Å². The van der Waals surface area contributed by atoms with Gasteiger partial charge in [-0.25, -0.2) is 19.3 Å². The fraction of sp³-hybridized carbons (Fsp3) is 0.0556. The van der Waals surface area contributed by atoms with Crippen LogP contribution in [0.2, 0.25) is 0 Å². The molecule has 130 valence electrons. The lowest BCUT2D eigenvalue weighted by Gasteiger charge is -2.08. The number of fused-ring (bicyclic) bond motifs is 1. The van der Waals surface area contributed by atoms with E-state index in [0.29, 0.717) is 11.4 Å². The number of benzene rings is 1. The van der Waals surface area contributed by atoms with Crippen molar-refractivity contribution in [2.75, 3.05) is 5.73 Å². The molecule has 0 atom stereocenters. The third kappa shape index (κ3) is 3.02. The third-order valence-corrected chi connectivity index (χ3v) is 5.67. The zero-order valence-electron chi connectivity index (χ0n) is 13.5. The van der Waals surface area contributed by atoms with Gasteiger partial charge in [-0.2, -0.15) is 0 Å². The SMILES string of the molecule is Cc1ccnc(Oc2ccc(-c3csc4c(Br)cnc(N)c34)cc2F)n1. The van der Waals surface area contributed by atoms with Crippen LogP contribution in [-0.2, 0) is 0 Å². The molecule has 0 amide bonds. The molecule has 5 nitrogen and oxygen atoms in total. The van der Waals surface area contributed by atoms with Crippen LogP contribution in [0.4, 0.5) is 10.2 Å². The van der Waals surface area contributed by atoms with Crippen molar-refractivity contribution >= 4 is 43.2 Å². The lowest BCUT2D eigenvalue weighted by atomic mass is 10.0. The molecule has 1 aromatic carbocycles. The van der Waals surface area contributed by atoms with E-state index >= 15 is 0 Å². The molecule has 8 heteroatoms. The summed E-state index contributed by atoms with van der Waals surface area (Å²) in [6, 6.07) is 6.59. The maximum atomic E-state index is 14.6. The minimum Gasteiger partial charge on any atom is -0.421 e. The van der Waals surface area contributed by atoms with Crippen LogP contribution in [0, 0.1) is 12.7 Å². The number of anilines is 1. The van der Waals surface area contributed by atoms with Gasteiger partial charge in [-0.3, -0.25) is 0 Å². The summed E-state index contributed by atoms with van der Waals surface area (Å²) in [4.78, 5) is 12.3. The molecule has 0 aliphatic carbocycles. The highest BCUT2D eigenvalue weighted by molar-refractivity contribution is 9.10. The normalized spacial score (nSPS) is 11.0. The van der Waals surface area contributed by atoms with Gasteiger partial charge >= 0.3 is 6.01 Å². The summed E-state index contributed by atoms with van der Waals surface area (Å²) in [6.07, 6.45) is 3.23. The Hall–Kier alpha value is -2.58. The number of hydrogen-bond donors (Lipinski definition) is 1. The van der Waals surface area contributed by atoms with Gasteiger partial charge in [0, 0.05) is 29.0 Å². The van der Waals surface area contributed by atoms with Crippen molar-refractivity contribution in [2.24, 2.45) is 0 Å². The van der Waals surface area contributed by atoms with Crippen molar-refractivity contribution in [3.05, 3.63) is 58.0 Å². The molecular formula is C18H12BrFN4OS. The van der Waals surface area contributed by atoms with Crippen LogP contribution in [0.3, 0.4) is 0 Å². The smallest absolute Gasteiger partial charge is 0.322 e. The van der Waals surface area contributed by atoms with Crippen molar-refractivity contribution in [3.63, 3.8) is 0 Å². The lowest BCUT2D eigenvalue weighted by molar-refractivity contribution is 0.410. The number of nitrogens with zero attached hydrogens (tertiary/aromatic N) is 3. The number of halogens is 2. The Balaban J connectivity index is 1.74. The Morgan fingerprint density at radius 3 is 2.85 bits per heavy atom. The highest BCUT2D eigenvalue weighted by Crippen LogP contribution is 2.41. The largest absolute Gasteiger partial charge is 0.421 e. The first-order chi connectivity index (χ1) is 12.5. The second kappa shape index (κ2) is 6.62. The maximum Gasteiger partial charge on any atom is 0.322 e. The number of ether oxygens (including phenoxy) is 1. The Morgan fingerprint density at radius 1 is 1.23 bits per heavy atom. The summed E-state index contributed by atoms with van der Waals surface area (Å²) in [5.41, 5.74) is 8.29. The summed E-state index contributed by atoms with van der Waals surface area (Å²) in [6.45, 7) is 1.81. The van der Waals surface area contributed by atoms with Gasteiger partial charge in [-0.1, -0.05) is 6.07 Å². The average molecular weight is 431 g/mol. The van der Waals surface area contributed by atoms with Crippen molar-refractivity contribution in [1.82, 2.24) is 15.0 Å². The predicted octanol–water partition coefficient (Wildman–Crippen LogP) is 5.34. The van der Waals surface area contributed by atoms with E-state index in [1.165, 1.54) is 17.4 Å². The second-order valence-electron chi connectivity index (χ2n) is 5.57. The standard InChI is InChI=1S/C18H12BrFN4OS/c1-9-4-5-22-18(24-9)25-14-3-2-10(6-13(14)20)11-8-26-16-12(19)7-23-17(21)15(11)16/h2-8H,1H3,(H2,21,23). The molecule has 0 bridgehead atoms. The summed E-state index contributed by atoms with van der Waals surface area (Å²) >= 11 is 4.99. The van der Waals surface area contributed by atoms with Crippen LogP contribution in [0.5, 0.6) is 11.8 Å². The molecule has 0 fully saturated rings. The lowest BCUT2D eigenvalue weighted by Crippen LogP contribution is -1.95. The first kappa shape index (κ1) is 16.9. The molecule has 4 aromatic rings. The molecule has 3 heterocycles. The topological polar surface area (TPSA) is 73.9 Å². The Bertz CT molecular complexity index is 1130. The molecule has 0 saturated heterocycles. The molecule has 0 unspecified atom stereocenters. The molecule has 3 aromatic heterocycles. The number of aromatic nitrogens is 3. The van der Waals surface area contributed by atoms with Gasteiger partial charge in [0.25, 0.3) is 0 Å². The molecule has 0 saturated carbocycles. The Kier molecular flexibility index (Phi) is 4.29. The van der Waals surface area contributed by atoms with E-state index < -0.39 is 5.82 Å². The van der Waals surface area contributed by atoms with E-state index in [1.54, 1.807) is 30.6 Å². The Labute approximate surface area is 160 Å². The number of rotatable bonds is 3. The van der Waals surface area contributed by atoms with E-state index in [-0.39, 0.29) is 11.8 Å². The molecular weight excluding hydrogens is 419 g/mol. The van der Waals surface area contributed by atoms with E-state index in [0.717, 1.165) is 25.8 Å². The minimum absolute atomic E-state index is 0.0613. The molecule has 0 spiro atoms. The maximum absolute atomic E-state index is 14.6. The zero-order valence-corrected chi connectivity index (χ0v) is 15.9. The van der Waals surface area contributed by atoms with Crippen LogP contribution in [0.25, 0.3) is 21.2 Å². The van der Waals surface area contributed by atoms with E-state index in [2.05, 4.69) is 30.9 Å². The van der Waals surface area contributed by atoms with E-state index in [9.17, 15) is 4.39 Å². The van der Waals surface area contributed by atoms with Crippen LogP contribution >= 0.6 is 27.3 Å². The van der Waals surface area contributed by atoms with Crippen LogP contribution in [0.1, 0.15) is 5.69 Å². The third-order valence-electron chi connectivity index (χ3n) is 3.80. The van der Waals surface area contributed by atoms with E-state index in [1.807, 2.05) is 12.3 Å². The van der Waals surface area contributed by atoms with Gasteiger partial charge in [0.1, 0.15) is 5.82 Å². The van der Waals surface area contributed by atoms with Gasteiger partial charge in [0.05, 0.1) is 9.17 Å². The first-order valence-electron chi connectivity index (χ1n) is 7.61. The molecule has 26 heavy (non-hydrogen) atoms. The number of hydrogen-bond acceptors (Lipinski definition) is 6. The van der Waals surface area contributed by atoms with Gasteiger partial charge in [0.2, 0.25) is 0 Å². The predicted molar refractivity (Wildman–Crippen MR) is 104 cm³/mol. The first-order valence-corrected chi connectivity index (χ1v) is 9.29. The molecule has 0 aliphatic rings. The van der Waals surface area contributed by atoms with E-state index in [4.69, 9.17) is 10.5 Å². The fourth-order valence-electron chi connectivity index (χ4n) is 2.57. The number of aryl methyl sites for hydroxylation is 1. The van der Waals surface area contributed by atoms with Crippen molar-refractivity contribution in [1.29, 1.82) is 0 Å². The summed E-state index contributed by atoms with van der Waals surface area (Å²) in [7, 11) is 0. The summed E-state index contributed by atoms with van der Waals surface area (Å²) in [5, 5.41) is 2.74. The van der Waals surface area contributed by atoms with Crippen LogP contribution < -0.4 is 10.5 Å². The quantitative estimate of drug-likeness (QED) is 0.474. The van der Waals surface area contributed by atoms with Gasteiger partial charge in [0.15, 0.2) is 11.6 Å². The van der Waals surface area contributed by atoms with Crippen molar-refractivity contribution in [2.45, 2.75) is 6.92 Å². The summed E-state index contributed by atoms with van der Waals surface area (Å²) in [5.74, 6) is -0.0343.